The molecule has 0 saturated carbocycles. The molecule has 25 heavy (non-hydrogen) atoms. The van der Waals surface area contributed by atoms with Crippen molar-refractivity contribution < 1.29 is 24.1 Å². The highest BCUT2D eigenvalue weighted by atomic mass is 35.5. The predicted octanol–water partition coefficient (Wildman–Crippen LogP) is 2.53. The molecule has 0 radical (unpaired) electrons. The summed E-state index contributed by atoms with van der Waals surface area (Å²) in [5.74, 6) is 1.02. The van der Waals surface area contributed by atoms with Gasteiger partial charge in [-0.25, -0.2) is 0 Å². The maximum Gasteiger partial charge on any atom is 0.252 e. The van der Waals surface area contributed by atoms with Gasteiger partial charge in [-0.05, 0) is 24.3 Å². The van der Waals surface area contributed by atoms with Gasteiger partial charge in [0.15, 0.2) is 11.5 Å². The zero-order valence-corrected chi connectivity index (χ0v) is 14.7. The Kier molecular flexibility index (Phi) is 6.91. The van der Waals surface area contributed by atoms with Crippen molar-refractivity contribution in [1.29, 1.82) is 0 Å². The molecule has 0 bridgehead atoms. The van der Waals surface area contributed by atoms with Gasteiger partial charge in [0.25, 0.3) is 5.91 Å². The van der Waals surface area contributed by atoms with E-state index < -0.39 is 6.10 Å². The van der Waals surface area contributed by atoms with Crippen LogP contribution in [0.1, 0.15) is 10.4 Å². The predicted molar refractivity (Wildman–Crippen MR) is 94.8 cm³/mol. The molecule has 2 N–H and O–H groups in total. The first-order valence-electron chi connectivity index (χ1n) is 7.61. The summed E-state index contributed by atoms with van der Waals surface area (Å²) in [5, 5.41) is 13.0. The molecule has 2 aromatic carbocycles. The van der Waals surface area contributed by atoms with Crippen molar-refractivity contribution in [3.63, 3.8) is 0 Å². The van der Waals surface area contributed by atoms with Crippen LogP contribution in [-0.4, -0.2) is 44.5 Å². The molecular weight excluding hydrogens is 346 g/mol. The average Bonchev–Trinajstić information content (AvgIpc) is 2.64. The molecule has 0 saturated heterocycles. The van der Waals surface area contributed by atoms with E-state index >= 15 is 0 Å². The highest BCUT2D eigenvalue weighted by Crippen LogP contribution is 2.36. The van der Waals surface area contributed by atoms with E-state index in [9.17, 15) is 9.90 Å². The average molecular weight is 366 g/mol. The lowest BCUT2D eigenvalue weighted by molar-refractivity contribution is 0.0834. The van der Waals surface area contributed by atoms with E-state index in [1.54, 1.807) is 42.5 Å². The summed E-state index contributed by atoms with van der Waals surface area (Å²) in [6, 6.07) is 11.9. The first-order chi connectivity index (χ1) is 12.1. The van der Waals surface area contributed by atoms with Gasteiger partial charge in [0, 0.05) is 6.54 Å². The van der Waals surface area contributed by atoms with E-state index in [0.717, 1.165) is 0 Å². The Hall–Kier alpha value is -2.44. The zero-order valence-electron chi connectivity index (χ0n) is 14.0. The molecule has 0 fully saturated rings. The van der Waals surface area contributed by atoms with Crippen molar-refractivity contribution in [1.82, 2.24) is 5.32 Å². The van der Waals surface area contributed by atoms with Crippen LogP contribution in [0, 0.1) is 0 Å². The van der Waals surface area contributed by atoms with E-state index in [0.29, 0.717) is 27.8 Å². The summed E-state index contributed by atoms with van der Waals surface area (Å²) in [7, 11) is 3.03. The van der Waals surface area contributed by atoms with Gasteiger partial charge in [-0.2, -0.15) is 0 Å². The third kappa shape index (κ3) is 5.01. The number of aliphatic hydroxyl groups is 1. The normalized spacial score (nSPS) is 11.5. The molecule has 0 aliphatic heterocycles. The van der Waals surface area contributed by atoms with Crippen LogP contribution in [0.3, 0.4) is 0 Å². The van der Waals surface area contributed by atoms with Crippen LogP contribution in [0.4, 0.5) is 0 Å². The lowest BCUT2D eigenvalue weighted by atomic mass is 10.2. The van der Waals surface area contributed by atoms with E-state index in [-0.39, 0.29) is 19.1 Å². The minimum atomic E-state index is -0.916. The van der Waals surface area contributed by atoms with Crippen molar-refractivity contribution in [3.05, 3.63) is 53.1 Å². The molecule has 6 nitrogen and oxygen atoms in total. The Morgan fingerprint density at radius 3 is 2.36 bits per heavy atom. The Labute approximate surface area is 151 Å². The fourth-order valence-electron chi connectivity index (χ4n) is 2.15. The summed E-state index contributed by atoms with van der Waals surface area (Å²) < 4.78 is 16.0. The van der Waals surface area contributed by atoms with Crippen molar-refractivity contribution in [2.24, 2.45) is 0 Å². The summed E-state index contributed by atoms with van der Waals surface area (Å²) >= 11 is 5.97. The number of aliphatic hydroxyl groups excluding tert-OH is 1. The number of hydrogen-bond acceptors (Lipinski definition) is 5. The second-order valence-corrected chi connectivity index (χ2v) is 5.55. The lowest BCUT2D eigenvalue weighted by Gasteiger charge is -2.17. The molecule has 0 aliphatic carbocycles. The fourth-order valence-corrected chi connectivity index (χ4v) is 2.37. The second kappa shape index (κ2) is 9.15. The molecule has 2 rings (SSSR count). The van der Waals surface area contributed by atoms with Crippen molar-refractivity contribution in [3.8, 4) is 17.2 Å². The van der Waals surface area contributed by atoms with Crippen LogP contribution >= 0.6 is 11.6 Å². The molecule has 0 spiro atoms. The van der Waals surface area contributed by atoms with Crippen molar-refractivity contribution >= 4 is 17.5 Å². The van der Waals surface area contributed by atoms with Crippen molar-refractivity contribution in [2.75, 3.05) is 27.4 Å². The van der Waals surface area contributed by atoms with Gasteiger partial charge in [-0.15, -0.1) is 0 Å². The molecular formula is C18H20ClNO5. The molecule has 1 unspecified atom stereocenters. The number of ether oxygens (including phenoxy) is 3. The van der Waals surface area contributed by atoms with Gasteiger partial charge in [-0.3, -0.25) is 4.79 Å². The molecule has 0 heterocycles. The van der Waals surface area contributed by atoms with Gasteiger partial charge in [0.05, 0.1) is 24.8 Å². The molecule has 134 valence electrons. The standard InChI is InChI=1S/C18H20ClNO5/c1-23-15-8-5-9-16(24-2)17(15)25-11-12(21)10-20-18(22)13-6-3-4-7-14(13)19/h3-9,12,21H,10-11H2,1-2H3,(H,20,22). The number of amides is 1. The number of rotatable bonds is 8. The molecule has 2 aromatic rings. The Morgan fingerprint density at radius 1 is 1.12 bits per heavy atom. The van der Waals surface area contributed by atoms with Crippen LogP contribution < -0.4 is 19.5 Å². The monoisotopic (exact) mass is 365 g/mol. The van der Waals surface area contributed by atoms with Crippen LogP contribution in [0.5, 0.6) is 17.2 Å². The fraction of sp³-hybridized carbons (Fsp3) is 0.278. The van der Waals surface area contributed by atoms with Gasteiger partial charge in [0.1, 0.15) is 12.7 Å². The minimum Gasteiger partial charge on any atom is -0.493 e. The Balaban J connectivity index is 1.90. The second-order valence-electron chi connectivity index (χ2n) is 5.15. The molecule has 0 aliphatic rings. The first-order valence-corrected chi connectivity index (χ1v) is 7.99. The number of methoxy groups -OCH3 is 2. The number of halogens is 1. The van der Waals surface area contributed by atoms with Gasteiger partial charge < -0.3 is 24.6 Å². The minimum absolute atomic E-state index is 0.0154. The maximum atomic E-state index is 12.1. The highest BCUT2D eigenvalue weighted by Gasteiger charge is 2.15. The number of benzene rings is 2. The zero-order chi connectivity index (χ0) is 18.2. The summed E-state index contributed by atoms with van der Waals surface area (Å²) in [5.41, 5.74) is 0.351. The molecule has 1 amide bonds. The maximum absolute atomic E-state index is 12.1. The number of para-hydroxylation sites is 1. The number of nitrogens with one attached hydrogen (secondary N) is 1. The van der Waals surface area contributed by atoms with Crippen LogP contribution in [0.2, 0.25) is 5.02 Å². The quantitative estimate of drug-likeness (QED) is 0.751. The Morgan fingerprint density at radius 2 is 1.76 bits per heavy atom. The number of hydrogen-bond donors (Lipinski definition) is 2. The summed E-state index contributed by atoms with van der Waals surface area (Å²) in [6.07, 6.45) is -0.916. The summed E-state index contributed by atoms with van der Waals surface area (Å²) in [6.45, 7) is -0.0267. The van der Waals surface area contributed by atoms with Crippen LogP contribution in [-0.2, 0) is 0 Å². The third-order valence-electron chi connectivity index (χ3n) is 3.42. The van der Waals surface area contributed by atoms with Gasteiger partial charge >= 0.3 is 0 Å². The molecule has 1 atom stereocenters. The van der Waals surface area contributed by atoms with Gasteiger partial charge in [0.2, 0.25) is 5.75 Å². The van der Waals surface area contributed by atoms with E-state index in [1.807, 2.05) is 0 Å². The highest BCUT2D eigenvalue weighted by molar-refractivity contribution is 6.33. The van der Waals surface area contributed by atoms with E-state index in [4.69, 9.17) is 25.8 Å². The number of carbonyl (C=O) groups excluding carboxylic acids is 1. The number of carbonyl (C=O) groups is 1. The third-order valence-corrected chi connectivity index (χ3v) is 3.75. The molecule has 0 aromatic heterocycles. The lowest BCUT2D eigenvalue weighted by Crippen LogP contribution is -2.35. The van der Waals surface area contributed by atoms with E-state index in [2.05, 4.69) is 5.32 Å². The molecule has 7 heteroatoms. The smallest absolute Gasteiger partial charge is 0.252 e. The summed E-state index contributed by atoms with van der Waals surface area (Å²) in [4.78, 5) is 12.1. The first kappa shape index (κ1) is 18.9. The van der Waals surface area contributed by atoms with Crippen molar-refractivity contribution in [2.45, 2.75) is 6.10 Å². The Bertz CT molecular complexity index is 700. The topological polar surface area (TPSA) is 77.0 Å². The SMILES string of the molecule is COc1cccc(OC)c1OCC(O)CNC(=O)c1ccccc1Cl. The van der Waals surface area contributed by atoms with Crippen LogP contribution in [0.25, 0.3) is 0 Å². The largest absolute Gasteiger partial charge is 0.493 e. The van der Waals surface area contributed by atoms with E-state index in [1.165, 1.54) is 14.2 Å². The van der Waals surface area contributed by atoms with Gasteiger partial charge in [-0.1, -0.05) is 29.8 Å². The van der Waals surface area contributed by atoms with Crippen LogP contribution in [0.15, 0.2) is 42.5 Å².